The first kappa shape index (κ1) is 15.1. The molecular weight excluding hydrogens is 267 g/mol. The molecule has 110 valence electrons. The molecule has 1 aromatic carbocycles. The average molecular weight is 285 g/mol. The van der Waals surface area contributed by atoms with E-state index in [9.17, 15) is 8.78 Å². The molecule has 0 aromatic heterocycles. The third-order valence-corrected chi connectivity index (χ3v) is 3.70. The molecule has 0 amide bonds. The van der Waals surface area contributed by atoms with Crippen LogP contribution in [-0.4, -0.2) is 24.9 Å². The lowest BCUT2D eigenvalue weighted by molar-refractivity contribution is -0.0497. The Morgan fingerprint density at radius 2 is 1.65 bits per heavy atom. The van der Waals surface area contributed by atoms with Gasteiger partial charge >= 0.3 is 13.7 Å². The van der Waals surface area contributed by atoms with Gasteiger partial charge in [-0.2, -0.15) is 8.78 Å². The highest BCUT2D eigenvalue weighted by molar-refractivity contribution is 6.62. The molecule has 2 rings (SSSR count). The fraction of sp³-hybridized carbons (Fsp3) is 0.538. The molecule has 1 saturated heterocycles. The monoisotopic (exact) mass is 285 g/mol. The van der Waals surface area contributed by atoms with Gasteiger partial charge in [-0.25, -0.2) is 0 Å². The maximum atomic E-state index is 12.3. The molecule has 0 unspecified atom stereocenters. The van der Waals surface area contributed by atoms with E-state index in [0.717, 1.165) is 0 Å². The zero-order valence-corrected chi connectivity index (χ0v) is 11.9. The molecule has 0 radical (unpaired) electrons. The van der Waals surface area contributed by atoms with Crippen molar-refractivity contribution in [2.45, 2.75) is 45.5 Å². The molecule has 1 aromatic rings. The van der Waals surface area contributed by atoms with Gasteiger partial charge in [0.15, 0.2) is 0 Å². The minimum absolute atomic E-state index is 0.00953. The van der Waals surface area contributed by atoms with E-state index >= 15 is 0 Å². The van der Waals surface area contributed by atoms with Crippen LogP contribution in [0.25, 0.3) is 0 Å². The molecule has 20 heavy (non-hydrogen) atoms. The summed E-state index contributed by atoms with van der Waals surface area (Å²) in [7, 11) is -0.663. The van der Waals surface area contributed by atoms with Crippen LogP contribution in [0.3, 0.4) is 0 Å². The van der Waals surface area contributed by atoms with Crippen molar-refractivity contribution in [3.05, 3.63) is 18.2 Å². The van der Waals surface area contributed by atoms with Crippen LogP contribution in [0.15, 0.2) is 18.2 Å². The van der Waals surface area contributed by atoms with Gasteiger partial charge in [0.2, 0.25) is 0 Å². The van der Waals surface area contributed by atoms with Gasteiger partial charge in [-0.15, -0.1) is 0 Å². The largest absolute Gasteiger partial charge is 0.495 e. The van der Waals surface area contributed by atoms with Crippen LogP contribution >= 0.6 is 0 Å². The van der Waals surface area contributed by atoms with Crippen LogP contribution in [0.1, 0.15) is 27.7 Å². The Labute approximate surface area is 117 Å². The summed E-state index contributed by atoms with van der Waals surface area (Å²) in [5.74, 6) is -0.00953. The summed E-state index contributed by atoms with van der Waals surface area (Å²) in [4.78, 5) is 0. The number of hydrogen-bond acceptors (Lipinski definition) is 4. The van der Waals surface area contributed by atoms with Crippen molar-refractivity contribution in [1.29, 1.82) is 0 Å². The molecule has 1 aliphatic heterocycles. The molecule has 2 N–H and O–H groups in total. The summed E-state index contributed by atoms with van der Waals surface area (Å²) in [6.07, 6.45) is 0. The quantitative estimate of drug-likeness (QED) is 0.683. The minimum Gasteiger partial charge on any atom is -0.435 e. The highest BCUT2D eigenvalue weighted by Gasteiger charge is 2.51. The third kappa shape index (κ3) is 2.88. The molecule has 7 heteroatoms. The molecule has 4 nitrogen and oxygen atoms in total. The number of halogens is 2. The summed E-state index contributed by atoms with van der Waals surface area (Å²) < 4.78 is 40.6. The van der Waals surface area contributed by atoms with Gasteiger partial charge in [-0.3, -0.25) is 0 Å². The second-order valence-electron chi connectivity index (χ2n) is 5.80. The maximum Gasteiger partial charge on any atom is 0.495 e. The first-order valence-corrected chi connectivity index (χ1v) is 6.32. The topological polar surface area (TPSA) is 53.7 Å². The van der Waals surface area contributed by atoms with Crippen LogP contribution < -0.4 is 15.9 Å². The van der Waals surface area contributed by atoms with E-state index in [1.807, 2.05) is 27.7 Å². The Kier molecular flexibility index (Phi) is 3.68. The molecule has 1 heterocycles. The fourth-order valence-corrected chi connectivity index (χ4v) is 1.93. The molecule has 0 bridgehead atoms. The molecule has 0 saturated carbocycles. The van der Waals surface area contributed by atoms with E-state index in [1.54, 1.807) is 6.07 Å². The molecule has 0 aliphatic carbocycles. The zero-order chi connectivity index (χ0) is 15.1. The van der Waals surface area contributed by atoms with E-state index in [4.69, 9.17) is 15.0 Å². The van der Waals surface area contributed by atoms with Gasteiger partial charge in [0.05, 0.1) is 11.2 Å². The van der Waals surface area contributed by atoms with Crippen LogP contribution in [0.5, 0.6) is 5.75 Å². The Hall–Kier alpha value is -1.34. The maximum absolute atomic E-state index is 12.3. The minimum atomic E-state index is -2.90. The highest BCUT2D eigenvalue weighted by Crippen LogP contribution is 2.36. The van der Waals surface area contributed by atoms with Crippen molar-refractivity contribution in [2.24, 2.45) is 0 Å². The van der Waals surface area contributed by atoms with E-state index < -0.39 is 24.9 Å². The van der Waals surface area contributed by atoms with Gasteiger partial charge < -0.3 is 19.8 Å². The average Bonchev–Trinajstić information content (AvgIpc) is 2.46. The number of nitrogens with two attached hydrogens (primary N) is 1. The normalized spacial score (nSPS) is 20.4. The van der Waals surface area contributed by atoms with E-state index in [-0.39, 0.29) is 5.75 Å². The van der Waals surface area contributed by atoms with Crippen LogP contribution in [0.4, 0.5) is 14.5 Å². The summed E-state index contributed by atoms with van der Waals surface area (Å²) in [5, 5.41) is 0. The van der Waals surface area contributed by atoms with E-state index in [0.29, 0.717) is 11.2 Å². The number of hydrogen-bond donors (Lipinski definition) is 1. The highest BCUT2D eigenvalue weighted by atomic mass is 19.3. The predicted molar refractivity (Wildman–Crippen MR) is 73.2 cm³/mol. The van der Waals surface area contributed by atoms with Gasteiger partial charge in [-0.1, -0.05) is 0 Å². The predicted octanol–water partition coefficient (Wildman–Crippen LogP) is 2.17. The van der Waals surface area contributed by atoms with Gasteiger partial charge in [0, 0.05) is 11.8 Å². The molecule has 1 fully saturated rings. The van der Waals surface area contributed by atoms with Crippen LogP contribution in [0.2, 0.25) is 0 Å². The SMILES string of the molecule is CC1(C)OB(c2cc(N)cc(OC(F)F)c2)OC1(C)C. The molecule has 0 spiro atoms. The van der Waals surface area contributed by atoms with Crippen molar-refractivity contribution < 1.29 is 22.8 Å². The van der Waals surface area contributed by atoms with Crippen molar-refractivity contribution in [3.8, 4) is 5.75 Å². The number of rotatable bonds is 3. The number of alkyl halides is 2. The lowest BCUT2D eigenvalue weighted by Gasteiger charge is -2.32. The van der Waals surface area contributed by atoms with Crippen molar-refractivity contribution in [2.75, 3.05) is 5.73 Å². The van der Waals surface area contributed by atoms with Crippen LogP contribution in [0, 0.1) is 0 Å². The van der Waals surface area contributed by atoms with E-state index in [1.165, 1.54) is 12.1 Å². The smallest absolute Gasteiger partial charge is 0.435 e. The Balaban J connectivity index is 2.28. The molecule has 1 aliphatic rings. The standard InChI is InChI=1S/C13H18BF2NO3/c1-12(2)13(3,4)20-14(19-12)8-5-9(17)7-10(6-8)18-11(15)16/h5-7,11H,17H2,1-4H3. The lowest BCUT2D eigenvalue weighted by atomic mass is 9.79. The Morgan fingerprint density at radius 3 is 2.15 bits per heavy atom. The Morgan fingerprint density at radius 1 is 1.10 bits per heavy atom. The van der Waals surface area contributed by atoms with Crippen LogP contribution in [-0.2, 0) is 9.31 Å². The number of anilines is 1. The number of benzene rings is 1. The second kappa shape index (κ2) is 4.89. The summed E-state index contributed by atoms with van der Waals surface area (Å²) >= 11 is 0. The summed E-state index contributed by atoms with van der Waals surface area (Å²) in [5.41, 5.74) is 5.55. The van der Waals surface area contributed by atoms with Crippen molar-refractivity contribution in [1.82, 2.24) is 0 Å². The third-order valence-electron chi connectivity index (χ3n) is 3.70. The van der Waals surface area contributed by atoms with Gasteiger partial charge in [-0.05, 0) is 45.3 Å². The summed E-state index contributed by atoms with van der Waals surface area (Å²) in [6.45, 7) is 4.75. The van der Waals surface area contributed by atoms with Gasteiger partial charge in [0.1, 0.15) is 5.75 Å². The fourth-order valence-electron chi connectivity index (χ4n) is 1.93. The van der Waals surface area contributed by atoms with E-state index in [2.05, 4.69) is 4.74 Å². The van der Waals surface area contributed by atoms with Gasteiger partial charge in [0.25, 0.3) is 0 Å². The zero-order valence-electron chi connectivity index (χ0n) is 11.9. The van der Waals surface area contributed by atoms with Crippen molar-refractivity contribution >= 4 is 18.3 Å². The van der Waals surface area contributed by atoms with Crippen molar-refractivity contribution in [3.63, 3.8) is 0 Å². The second-order valence-corrected chi connectivity index (χ2v) is 5.80. The molecular formula is C13H18BF2NO3. The Bertz CT molecular complexity index is 492. The first-order chi connectivity index (χ1) is 9.10. The lowest BCUT2D eigenvalue weighted by Crippen LogP contribution is -2.41. The number of ether oxygens (including phenoxy) is 1. The number of nitrogen functional groups attached to an aromatic ring is 1. The molecule has 0 atom stereocenters. The first-order valence-electron chi connectivity index (χ1n) is 6.32. The summed E-state index contributed by atoms with van der Waals surface area (Å²) in [6, 6.07) is 4.41.